The summed E-state index contributed by atoms with van der Waals surface area (Å²) in [6.45, 7) is 4.44. The van der Waals surface area contributed by atoms with E-state index in [-0.39, 0.29) is 24.1 Å². The van der Waals surface area contributed by atoms with Gasteiger partial charge in [0.05, 0.1) is 17.9 Å². The van der Waals surface area contributed by atoms with Crippen LogP contribution in [0.25, 0.3) is 0 Å². The Balaban J connectivity index is 1.61. The molecule has 0 unspecified atom stereocenters. The third-order valence-electron chi connectivity index (χ3n) is 4.02. The van der Waals surface area contributed by atoms with E-state index in [1.165, 1.54) is 11.8 Å². The molecule has 0 bridgehead atoms. The fraction of sp³-hybridized carbons (Fsp3) is 0.143. The molecule has 7 nitrogen and oxygen atoms in total. The van der Waals surface area contributed by atoms with Crippen molar-refractivity contribution in [3.05, 3.63) is 83.1 Å². The predicted molar refractivity (Wildman–Crippen MR) is 121 cm³/mol. The molecule has 3 rings (SSSR count). The highest BCUT2D eigenvalue weighted by molar-refractivity contribution is 9.10. The lowest BCUT2D eigenvalue weighted by Gasteiger charge is -2.09. The van der Waals surface area contributed by atoms with E-state index >= 15 is 0 Å². The van der Waals surface area contributed by atoms with E-state index in [1.54, 1.807) is 18.2 Å². The van der Waals surface area contributed by atoms with Crippen molar-refractivity contribution in [2.75, 3.05) is 11.1 Å². The van der Waals surface area contributed by atoms with Crippen LogP contribution in [0.5, 0.6) is 0 Å². The Bertz CT molecular complexity index is 1040. The maximum Gasteiger partial charge on any atom is 0.252 e. The molecule has 1 aromatic heterocycles. The molecule has 0 fully saturated rings. The normalized spacial score (nSPS) is 10.4. The number of amides is 2. The van der Waals surface area contributed by atoms with Gasteiger partial charge in [-0.25, -0.2) is 0 Å². The summed E-state index contributed by atoms with van der Waals surface area (Å²) in [5.41, 5.74) is 1.28. The van der Waals surface area contributed by atoms with Gasteiger partial charge in [-0.15, -0.1) is 16.8 Å². The van der Waals surface area contributed by atoms with Crippen molar-refractivity contribution in [2.24, 2.45) is 0 Å². The summed E-state index contributed by atoms with van der Waals surface area (Å²) >= 11 is 4.65. The van der Waals surface area contributed by atoms with Gasteiger partial charge in [0.15, 0.2) is 11.0 Å². The van der Waals surface area contributed by atoms with Crippen LogP contribution in [0.15, 0.2) is 76.9 Å². The molecule has 0 saturated heterocycles. The SMILES string of the molecule is C=CCn1c(CNC(=O)c2ccccc2Br)nnc1SCC(=O)Nc1ccccc1. The zero-order valence-corrected chi connectivity index (χ0v) is 18.4. The summed E-state index contributed by atoms with van der Waals surface area (Å²) in [4.78, 5) is 24.6. The number of benzene rings is 2. The first-order valence-electron chi connectivity index (χ1n) is 9.12. The van der Waals surface area contributed by atoms with Crippen LogP contribution in [0.4, 0.5) is 5.69 Å². The molecule has 0 spiro atoms. The van der Waals surface area contributed by atoms with Crippen molar-refractivity contribution in [3.8, 4) is 0 Å². The van der Waals surface area contributed by atoms with E-state index < -0.39 is 0 Å². The van der Waals surface area contributed by atoms with Gasteiger partial charge in [-0.3, -0.25) is 9.59 Å². The molecule has 2 aromatic carbocycles. The largest absolute Gasteiger partial charge is 0.345 e. The van der Waals surface area contributed by atoms with Gasteiger partial charge in [-0.2, -0.15) is 0 Å². The molecule has 0 atom stereocenters. The number of halogens is 1. The number of rotatable bonds is 9. The molecule has 1 heterocycles. The van der Waals surface area contributed by atoms with Crippen LogP contribution >= 0.6 is 27.7 Å². The van der Waals surface area contributed by atoms with Gasteiger partial charge in [0.25, 0.3) is 5.91 Å². The van der Waals surface area contributed by atoms with Gasteiger partial charge in [0, 0.05) is 16.7 Å². The van der Waals surface area contributed by atoms with Gasteiger partial charge < -0.3 is 15.2 Å². The minimum Gasteiger partial charge on any atom is -0.345 e. The molecule has 154 valence electrons. The molecule has 9 heteroatoms. The van der Waals surface area contributed by atoms with Crippen molar-refractivity contribution in [2.45, 2.75) is 18.2 Å². The molecular formula is C21H20BrN5O2S. The molecule has 30 heavy (non-hydrogen) atoms. The summed E-state index contributed by atoms with van der Waals surface area (Å²) in [6, 6.07) is 16.5. The number of nitrogens with one attached hydrogen (secondary N) is 2. The second-order valence-electron chi connectivity index (χ2n) is 6.16. The Hall–Kier alpha value is -2.91. The lowest BCUT2D eigenvalue weighted by molar-refractivity contribution is -0.113. The third kappa shape index (κ3) is 5.80. The lowest BCUT2D eigenvalue weighted by atomic mass is 10.2. The molecule has 0 aliphatic rings. The van der Waals surface area contributed by atoms with E-state index in [9.17, 15) is 9.59 Å². The summed E-state index contributed by atoms with van der Waals surface area (Å²) in [6.07, 6.45) is 1.72. The highest BCUT2D eigenvalue weighted by Crippen LogP contribution is 2.19. The smallest absolute Gasteiger partial charge is 0.252 e. The Morgan fingerprint density at radius 3 is 2.57 bits per heavy atom. The number of carbonyl (C=O) groups is 2. The van der Waals surface area contributed by atoms with E-state index in [0.29, 0.717) is 23.1 Å². The Labute approximate surface area is 187 Å². The second kappa shape index (κ2) is 10.7. The van der Waals surface area contributed by atoms with E-state index in [4.69, 9.17) is 0 Å². The highest BCUT2D eigenvalue weighted by atomic mass is 79.9. The minimum absolute atomic E-state index is 0.136. The Morgan fingerprint density at radius 2 is 1.83 bits per heavy atom. The van der Waals surface area contributed by atoms with Crippen LogP contribution in [0.2, 0.25) is 0 Å². The number of nitrogens with zero attached hydrogens (tertiary/aromatic N) is 3. The van der Waals surface area contributed by atoms with Crippen LogP contribution in [-0.4, -0.2) is 32.3 Å². The highest BCUT2D eigenvalue weighted by Gasteiger charge is 2.15. The van der Waals surface area contributed by atoms with Crippen molar-refractivity contribution in [3.63, 3.8) is 0 Å². The molecule has 3 aromatic rings. The Kier molecular flexibility index (Phi) is 7.81. The first-order chi connectivity index (χ1) is 14.6. The number of aromatic nitrogens is 3. The molecule has 0 radical (unpaired) electrons. The fourth-order valence-corrected chi connectivity index (χ4v) is 3.85. The van der Waals surface area contributed by atoms with Crippen molar-refractivity contribution in [1.29, 1.82) is 0 Å². The van der Waals surface area contributed by atoms with Crippen molar-refractivity contribution < 1.29 is 9.59 Å². The van der Waals surface area contributed by atoms with Crippen LogP contribution in [0.1, 0.15) is 16.2 Å². The van der Waals surface area contributed by atoms with E-state index in [2.05, 4.69) is 43.3 Å². The second-order valence-corrected chi connectivity index (χ2v) is 7.96. The molecule has 0 saturated carbocycles. The molecule has 0 aliphatic carbocycles. The first kappa shape index (κ1) is 21.8. The van der Waals surface area contributed by atoms with E-state index in [1.807, 2.05) is 47.0 Å². The Morgan fingerprint density at radius 1 is 1.10 bits per heavy atom. The number of hydrogen-bond acceptors (Lipinski definition) is 5. The van der Waals surface area contributed by atoms with Gasteiger partial charge in [-0.05, 0) is 40.2 Å². The average Bonchev–Trinajstić information content (AvgIpc) is 3.13. The lowest BCUT2D eigenvalue weighted by Crippen LogP contribution is -2.25. The molecule has 2 N–H and O–H groups in total. The van der Waals surface area contributed by atoms with Crippen LogP contribution < -0.4 is 10.6 Å². The van der Waals surface area contributed by atoms with Crippen LogP contribution in [-0.2, 0) is 17.9 Å². The van der Waals surface area contributed by atoms with E-state index in [0.717, 1.165) is 10.2 Å². The standard InChI is InChI=1S/C21H20BrN5O2S/c1-2-12-27-18(13-23-20(29)16-10-6-7-11-17(16)22)25-26-21(27)30-14-19(28)24-15-8-4-3-5-9-15/h2-11H,1,12-14H2,(H,23,29)(H,24,28). The molecular weight excluding hydrogens is 466 g/mol. The number of thioether (sulfide) groups is 1. The van der Waals surface area contributed by atoms with Crippen molar-refractivity contribution in [1.82, 2.24) is 20.1 Å². The maximum absolute atomic E-state index is 12.4. The van der Waals surface area contributed by atoms with Crippen LogP contribution in [0.3, 0.4) is 0 Å². The number of hydrogen-bond donors (Lipinski definition) is 2. The number of para-hydroxylation sites is 1. The monoisotopic (exact) mass is 485 g/mol. The minimum atomic E-state index is -0.216. The summed E-state index contributed by atoms with van der Waals surface area (Å²) in [5.74, 6) is 0.421. The molecule has 2 amide bonds. The summed E-state index contributed by atoms with van der Waals surface area (Å²) in [7, 11) is 0. The first-order valence-corrected chi connectivity index (χ1v) is 10.9. The summed E-state index contributed by atoms with van der Waals surface area (Å²) in [5, 5.41) is 14.6. The fourth-order valence-electron chi connectivity index (χ4n) is 2.62. The third-order valence-corrected chi connectivity index (χ3v) is 5.68. The maximum atomic E-state index is 12.4. The zero-order chi connectivity index (χ0) is 21.3. The molecule has 0 aliphatic heterocycles. The van der Waals surface area contributed by atoms with Crippen LogP contribution in [0, 0.1) is 0 Å². The van der Waals surface area contributed by atoms with Crippen molar-refractivity contribution >= 4 is 45.2 Å². The van der Waals surface area contributed by atoms with Gasteiger partial charge >= 0.3 is 0 Å². The topological polar surface area (TPSA) is 88.9 Å². The number of allylic oxidation sites excluding steroid dienone is 1. The predicted octanol–water partition coefficient (Wildman–Crippen LogP) is 3.89. The van der Waals surface area contributed by atoms with Gasteiger partial charge in [0.2, 0.25) is 5.91 Å². The number of carbonyl (C=O) groups excluding carboxylic acids is 2. The average molecular weight is 486 g/mol. The quantitative estimate of drug-likeness (QED) is 0.354. The van der Waals surface area contributed by atoms with Gasteiger partial charge in [0.1, 0.15) is 0 Å². The zero-order valence-electron chi connectivity index (χ0n) is 16.0. The van der Waals surface area contributed by atoms with Gasteiger partial charge in [-0.1, -0.05) is 48.2 Å². The summed E-state index contributed by atoms with van der Waals surface area (Å²) < 4.78 is 2.55. The number of anilines is 1.